The lowest BCUT2D eigenvalue weighted by Crippen LogP contribution is -2.13. The Kier molecular flexibility index (Phi) is 4.95. The number of hydrogen-bond donors (Lipinski definition) is 2. The number of carbonyl (C=O) groups excluding carboxylic acids is 1. The summed E-state index contributed by atoms with van der Waals surface area (Å²) in [6.45, 7) is 0. The second kappa shape index (κ2) is 6.56. The standard InChI is InChI=1S/C14H12Cl2N2O3S/c1-22(20,21)18-13-7-6-9(8-11(13)16)14(19)17-12-5-3-2-4-10(12)15/h2-8,18H,1H3,(H,17,19). The van der Waals surface area contributed by atoms with E-state index >= 15 is 0 Å². The summed E-state index contributed by atoms with van der Waals surface area (Å²) in [6, 6.07) is 11.1. The van der Waals surface area contributed by atoms with Gasteiger partial charge in [-0.1, -0.05) is 35.3 Å². The second-order valence-electron chi connectivity index (χ2n) is 4.50. The fraction of sp³-hybridized carbons (Fsp3) is 0.0714. The van der Waals surface area contributed by atoms with Crippen LogP contribution in [0.2, 0.25) is 10.0 Å². The third-order valence-electron chi connectivity index (χ3n) is 2.65. The largest absolute Gasteiger partial charge is 0.321 e. The number of anilines is 2. The van der Waals surface area contributed by atoms with Crippen LogP contribution in [0.1, 0.15) is 10.4 Å². The van der Waals surface area contributed by atoms with E-state index in [1.165, 1.54) is 18.2 Å². The van der Waals surface area contributed by atoms with Crippen LogP contribution in [-0.2, 0) is 10.0 Å². The molecule has 0 aromatic heterocycles. The number of sulfonamides is 1. The number of para-hydroxylation sites is 1. The van der Waals surface area contributed by atoms with E-state index < -0.39 is 15.9 Å². The first-order chi connectivity index (χ1) is 10.3. The molecule has 2 aromatic carbocycles. The molecule has 0 fully saturated rings. The molecule has 0 heterocycles. The average Bonchev–Trinajstić information content (AvgIpc) is 2.42. The molecule has 0 saturated carbocycles. The van der Waals surface area contributed by atoms with Gasteiger partial charge in [-0.05, 0) is 30.3 Å². The van der Waals surface area contributed by atoms with E-state index in [4.69, 9.17) is 23.2 Å². The van der Waals surface area contributed by atoms with E-state index in [0.717, 1.165) is 6.26 Å². The first kappa shape index (κ1) is 16.6. The molecule has 5 nitrogen and oxygen atoms in total. The van der Waals surface area contributed by atoms with E-state index in [1.807, 2.05) is 0 Å². The molecular weight excluding hydrogens is 347 g/mol. The Morgan fingerprint density at radius 3 is 2.27 bits per heavy atom. The van der Waals surface area contributed by atoms with Gasteiger partial charge in [0.1, 0.15) is 0 Å². The lowest BCUT2D eigenvalue weighted by Gasteiger charge is -2.10. The second-order valence-corrected chi connectivity index (χ2v) is 7.07. The molecule has 116 valence electrons. The maximum Gasteiger partial charge on any atom is 0.255 e. The summed E-state index contributed by atoms with van der Waals surface area (Å²) < 4.78 is 24.6. The average molecular weight is 359 g/mol. The number of halogens is 2. The lowest BCUT2D eigenvalue weighted by atomic mass is 10.2. The molecule has 2 aromatic rings. The Balaban J connectivity index is 2.21. The normalized spacial score (nSPS) is 11.0. The number of hydrogen-bond acceptors (Lipinski definition) is 3. The summed E-state index contributed by atoms with van der Waals surface area (Å²) in [6.07, 6.45) is 1.02. The minimum atomic E-state index is -3.44. The first-order valence-corrected chi connectivity index (χ1v) is 8.74. The smallest absolute Gasteiger partial charge is 0.255 e. The van der Waals surface area contributed by atoms with E-state index in [-0.39, 0.29) is 16.3 Å². The molecule has 2 N–H and O–H groups in total. The minimum Gasteiger partial charge on any atom is -0.321 e. The van der Waals surface area contributed by atoms with Crippen molar-refractivity contribution in [2.75, 3.05) is 16.3 Å². The minimum absolute atomic E-state index is 0.122. The molecule has 0 saturated heterocycles. The SMILES string of the molecule is CS(=O)(=O)Nc1ccc(C(=O)Nc2ccccc2Cl)cc1Cl. The molecule has 0 radical (unpaired) electrons. The van der Waals surface area contributed by atoms with Gasteiger partial charge in [0, 0.05) is 5.56 Å². The Bertz CT molecular complexity index is 823. The van der Waals surface area contributed by atoms with Crippen LogP contribution in [-0.4, -0.2) is 20.6 Å². The highest BCUT2D eigenvalue weighted by molar-refractivity contribution is 7.92. The van der Waals surface area contributed by atoms with E-state index in [0.29, 0.717) is 10.7 Å². The molecule has 0 aliphatic heterocycles. The van der Waals surface area contributed by atoms with E-state index in [2.05, 4.69) is 10.0 Å². The number of benzene rings is 2. The summed E-state index contributed by atoms with van der Waals surface area (Å²) in [4.78, 5) is 12.1. The molecule has 0 aliphatic rings. The van der Waals surface area contributed by atoms with Crippen molar-refractivity contribution >= 4 is 50.5 Å². The summed E-state index contributed by atoms with van der Waals surface area (Å²) in [5.74, 6) is -0.402. The van der Waals surface area contributed by atoms with Crippen molar-refractivity contribution in [1.82, 2.24) is 0 Å². The molecule has 8 heteroatoms. The summed E-state index contributed by atoms with van der Waals surface area (Å²) in [7, 11) is -3.44. The molecule has 0 unspecified atom stereocenters. The van der Waals surface area contributed by atoms with Crippen LogP contribution in [0, 0.1) is 0 Å². The van der Waals surface area contributed by atoms with Gasteiger partial charge in [0.25, 0.3) is 5.91 Å². The van der Waals surface area contributed by atoms with Crippen molar-refractivity contribution in [3.05, 3.63) is 58.1 Å². The van der Waals surface area contributed by atoms with Crippen LogP contribution < -0.4 is 10.0 Å². The van der Waals surface area contributed by atoms with Crippen molar-refractivity contribution in [3.63, 3.8) is 0 Å². The van der Waals surface area contributed by atoms with Crippen molar-refractivity contribution in [1.29, 1.82) is 0 Å². The van der Waals surface area contributed by atoms with Gasteiger partial charge in [0.05, 0.1) is 27.7 Å². The highest BCUT2D eigenvalue weighted by Crippen LogP contribution is 2.25. The molecule has 22 heavy (non-hydrogen) atoms. The van der Waals surface area contributed by atoms with Gasteiger partial charge >= 0.3 is 0 Å². The fourth-order valence-electron chi connectivity index (χ4n) is 1.70. The lowest BCUT2D eigenvalue weighted by molar-refractivity contribution is 0.102. The maximum absolute atomic E-state index is 12.1. The zero-order valence-corrected chi connectivity index (χ0v) is 13.8. The fourth-order valence-corrected chi connectivity index (χ4v) is 2.74. The van der Waals surface area contributed by atoms with Crippen molar-refractivity contribution in [2.45, 2.75) is 0 Å². The Labute approximate surface area is 138 Å². The first-order valence-electron chi connectivity index (χ1n) is 6.09. The van der Waals surface area contributed by atoms with E-state index in [9.17, 15) is 13.2 Å². The van der Waals surface area contributed by atoms with Gasteiger partial charge in [-0.2, -0.15) is 0 Å². The molecule has 0 atom stereocenters. The third-order valence-corrected chi connectivity index (χ3v) is 3.88. The number of carbonyl (C=O) groups is 1. The van der Waals surface area contributed by atoms with Gasteiger partial charge in [0.15, 0.2) is 0 Å². The van der Waals surface area contributed by atoms with Crippen LogP contribution in [0.4, 0.5) is 11.4 Å². The van der Waals surface area contributed by atoms with Gasteiger partial charge in [0.2, 0.25) is 10.0 Å². The predicted molar refractivity (Wildman–Crippen MR) is 89.3 cm³/mol. The summed E-state index contributed by atoms with van der Waals surface area (Å²) in [5.41, 5.74) is 0.964. The Hall–Kier alpha value is -1.76. The number of rotatable bonds is 4. The van der Waals surface area contributed by atoms with Crippen LogP contribution in [0.25, 0.3) is 0 Å². The van der Waals surface area contributed by atoms with Crippen molar-refractivity contribution in [2.24, 2.45) is 0 Å². The number of nitrogens with one attached hydrogen (secondary N) is 2. The molecule has 1 amide bonds. The maximum atomic E-state index is 12.1. The summed E-state index contributed by atoms with van der Waals surface area (Å²) in [5, 5.41) is 3.19. The summed E-state index contributed by atoms with van der Waals surface area (Å²) >= 11 is 11.9. The van der Waals surface area contributed by atoms with Crippen LogP contribution >= 0.6 is 23.2 Å². The van der Waals surface area contributed by atoms with Crippen LogP contribution in [0.5, 0.6) is 0 Å². The molecule has 2 rings (SSSR count). The van der Waals surface area contributed by atoms with Crippen LogP contribution in [0.3, 0.4) is 0 Å². The monoisotopic (exact) mass is 358 g/mol. The quantitative estimate of drug-likeness (QED) is 0.876. The van der Waals surface area contributed by atoms with Crippen LogP contribution in [0.15, 0.2) is 42.5 Å². The van der Waals surface area contributed by atoms with Gasteiger partial charge < -0.3 is 5.32 Å². The molecule has 0 aliphatic carbocycles. The molecule has 0 bridgehead atoms. The van der Waals surface area contributed by atoms with Crippen molar-refractivity contribution in [3.8, 4) is 0 Å². The van der Waals surface area contributed by atoms with Crippen molar-refractivity contribution < 1.29 is 13.2 Å². The number of amides is 1. The topological polar surface area (TPSA) is 75.3 Å². The van der Waals surface area contributed by atoms with Gasteiger partial charge in [-0.25, -0.2) is 8.42 Å². The van der Waals surface area contributed by atoms with Gasteiger partial charge in [-0.15, -0.1) is 0 Å². The zero-order chi connectivity index (χ0) is 16.3. The predicted octanol–water partition coefficient (Wildman–Crippen LogP) is 3.62. The third kappa shape index (κ3) is 4.37. The Morgan fingerprint density at radius 1 is 1.00 bits per heavy atom. The molecule has 0 spiro atoms. The Morgan fingerprint density at radius 2 is 1.68 bits per heavy atom. The highest BCUT2D eigenvalue weighted by atomic mass is 35.5. The highest BCUT2D eigenvalue weighted by Gasteiger charge is 2.12. The zero-order valence-electron chi connectivity index (χ0n) is 11.4. The molecular formula is C14H12Cl2N2O3S. The van der Waals surface area contributed by atoms with Gasteiger partial charge in [-0.3, -0.25) is 9.52 Å². The van der Waals surface area contributed by atoms with E-state index in [1.54, 1.807) is 24.3 Å².